The molecule has 54 valence electrons. The average Bonchev–Trinajstić information content (AvgIpc) is 1.82. The van der Waals surface area contributed by atoms with Crippen molar-refractivity contribution in [3.8, 4) is 0 Å². The summed E-state index contributed by atoms with van der Waals surface area (Å²) in [5.41, 5.74) is 6.31. The van der Waals surface area contributed by atoms with Gasteiger partial charge in [0.25, 0.3) is 0 Å². The lowest BCUT2D eigenvalue weighted by Gasteiger charge is -2.00. The van der Waals surface area contributed by atoms with Crippen LogP contribution in [-0.4, -0.2) is 0 Å². The van der Waals surface area contributed by atoms with Gasteiger partial charge in [-0.25, -0.2) is 4.39 Å². The lowest BCUT2D eigenvalue weighted by molar-refractivity contribution is 0.627. The minimum atomic E-state index is -0.348. The number of halogens is 2. The molecule has 0 aromatic heterocycles. The maximum Gasteiger partial charge on any atom is 0.125 e. The molecule has 0 unspecified atom stereocenters. The van der Waals surface area contributed by atoms with Crippen molar-refractivity contribution < 1.29 is 4.39 Å². The van der Waals surface area contributed by atoms with Crippen molar-refractivity contribution >= 4 is 17.3 Å². The first-order valence-electron chi connectivity index (χ1n) is 2.82. The average molecular weight is 160 g/mol. The summed E-state index contributed by atoms with van der Waals surface area (Å²) >= 11 is 5.66. The van der Waals surface area contributed by atoms with Crippen molar-refractivity contribution in [3.63, 3.8) is 0 Å². The first kappa shape index (κ1) is 7.35. The maximum atomic E-state index is 12.5. The van der Waals surface area contributed by atoms with Crippen LogP contribution >= 0.6 is 11.6 Å². The molecule has 10 heavy (non-hydrogen) atoms. The predicted octanol–water partition coefficient (Wildman–Crippen LogP) is 2.37. The van der Waals surface area contributed by atoms with Gasteiger partial charge in [-0.05, 0) is 24.6 Å². The molecule has 0 saturated carbocycles. The van der Waals surface area contributed by atoms with E-state index in [1.807, 2.05) is 0 Å². The third-order valence-corrected chi connectivity index (χ3v) is 1.76. The van der Waals surface area contributed by atoms with Gasteiger partial charge in [0.1, 0.15) is 5.82 Å². The zero-order valence-electron chi connectivity index (χ0n) is 5.49. The minimum absolute atomic E-state index is 0.291. The van der Waals surface area contributed by atoms with Gasteiger partial charge in [0.2, 0.25) is 0 Å². The molecule has 0 spiro atoms. The molecule has 1 nitrogen and oxygen atoms in total. The third kappa shape index (κ3) is 1.21. The van der Waals surface area contributed by atoms with Crippen molar-refractivity contribution in [2.75, 3.05) is 5.73 Å². The second-order valence-corrected chi connectivity index (χ2v) is 2.50. The Kier molecular flexibility index (Phi) is 1.81. The summed E-state index contributed by atoms with van der Waals surface area (Å²) in [5, 5.41) is 0.432. The van der Waals surface area contributed by atoms with Crippen LogP contribution in [0.3, 0.4) is 0 Å². The first-order chi connectivity index (χ1) is 4.61. The summed E-state index contributed by atoms with van der Waals surface area (Å²) in [7, 11) is 0. The van der Waals surface area contributed by atoms with E-state index in [1.165, 1.54) is 12.1 Å². The Balaban J connectivity index is 3.31. The molecular weight excluding hydrogens is 153 g/mol. The number of anilines is 1. The number of hydrogen-bond donors (Lipinski definition) is 1. The molecule has 0 bridgehead atoms. The highest BCUT2D eigenvalue weighted by Gasteiger charge is 2.01. The summed E-state index contributed by atoms with van der Waals surface area (Å²) in [6, 6.07) is 2.55. The molecule has 2 N–H and O–H groups in total. The highest BCUT2D eigenvalue weighted by atomic mass is 35.5. The quantitative estimate of drug-likeness (QED) is 0.578. The molecule has 0 aliphatic rings. The monoisotopic (exact) mass is 159 g/mol. The fourth-order valence-electron chi connectivity index (χ4n) is 0.751. The van der Waals surface area contributed by atoms with Gasteiger partial charge in [-0.3, -0.25) is 0 Å². The summed E-state index contributed by atoms with van der Waals surface area (Å²) in [4.78, 5) is 0. The molecular formula is C7H7ClFN. The van der Waals surface area contributed by atoms with Crippen molar-refractivity contribution in [2.45, 2.75) is 6.92 Å². The predicted molar refractivity (Wildman–Crippen MR) is 40.6 cm³/mol. The van der Waals surface area contributed by atoms with Crippen LogP contribution in [0, 0.1) is 12.7 Å². The fourth-order valence-corrected chi connectivity index (χ4v) is 0.861. The van der Waals surface area contributed by atoms with Gasteiger partial charge in [0.05, 0.1) is 10.7 Å². The molecule has 0 saturated heterocycles. The van der Waals surface area contributed by atoms with Gasteiger partial charge < -0.3 is 5.73 Å². The van der Waals surface area contributed by atoms with E-state index >= 15 is 0 Å². The van der Waals surface area contributed by atoms with Gasteiger partial charge >= 0.3 is 0 Å². The van der Waals surface area contributed by atoms with E-state index in [-0.39, 0.29) is 5.82 Å². The van der Waals surface area contributed by atoms with Crippen LogP contribution in [0.2, 0.25) is 5.02 Å². The van der Waals surface area contributed by atoms with E-state index in [0.717, 1.165) is 0 Å². The van der Waals surface area contributed by atoms with Crippen LogP contribution in [0.4, 0.5) is 10.1 Å². The minimum Gasteiger partial charge on any atom is -0.397 e. The third-order valence-electron chi connectivity index (χ3n) is 1.25. The molecule has 0 fully saturated rings. The molecule has 0 aliphatic carbocycles. The largest absolute Gasteiger partial charge is 0.397 e. The Bertz CT molecular complexity index is 237. The van der Waals surface area contributed by atoms with Gasteiger partial charge in [-0.2, -0.15) is 0 Å². The number of benzene rings is 1. The Labute approximate surface area is 63.6 Å². The van der Waals surface area contributed by atoms with Crippen molar-refractivity contribution in [3.05, 3.63) is 28.5 Å². The SMILES string of the molecule is Cc1cc(F)cc(N)c1Cl. The Morgan fingerprint density at radius 2 is 2.10 bits per heavy atom. The van der Waals surface area contributed by atoms with E-state index < -0.39 is 0 Å². The number of aryl methyl sites for hydroxylation is 1. The lowest BCUT2D eigenvalue weighted by Crippen LogP contribution is -1.89. The topological polar surface area (TPSA) is 26.0 Å². The molecule has 0 radical (unpaired) electrons. The summed E-state index contributed by atoms with van der Waals surface area (Å²) in [6.07, 6.45) is 0. The number of rotatable bonds is 0. The second-order valence-electron chi connectivity index (χ2n) is 2.13. The van der Waals surface area contributed by atoms with Gasteiger partial charge in [0.15, 0.2) is 0 Å². The first-order valence-corrected chi connectivity index (χ1v) is 3.20. The number of nitrogens with two attached hydrogens (primary N) is 1. The summed E-state index contributed by atoms with van der Waals surface area (Å²) in [6.45, 7) is 1.71. The van der Waals surface area contributed by atoms with Crippen molar-refractivity contribution in [1.82, 2.24) is 0 Å². The van der Waals surface area contributed by atoms with E-state index in [9.17, 15) is 4.39 Å². The molecule has 0 heterocycles. The zero-order chi connectivity index (χ0) is 7.72. The van der Waals surface area contributed by atoms with Crippen molar-refractivity contribution in [2.24, 2.45) is 0 Å². The zero-order valence-corrected chi connectivity index (χ0v) is 6.24. The number of hydrogen-bond acceptors (Lipinski definition) is 1. The Morgan fingerprint density at radius 3 is 2.60 bits per heavy atom. The van der Waals surface area contributed by atoms with Crippen LogP contribution in [0.15, 0.2) is 12.1 Å². The second kappa shape index (κ2) is 2.46. The molecule has 0 atom stereocenters. The van der Waals surface area contributed by atoms with E-state index in [4.69, 9.17) is 17.3 Å². The Morgan fingerprint density at radius 1 is 1.50 bits per heavy atom. The fraction of sp³-hybridized carbons (Fsp3) is 0.143. The molecule has 1 rings (SSSR count). The summed E-state index contributed by atoms with van der Waals surface area (Å²) < 4.78 is 12.5. The van der Waals surface area contributed by atoms with Gasteiger partial charge in [-0.15, -0.1) is 0 Å². The number of nitrogen functional groups attached to an aromatic ring is 1. The molecule has 3 heteroatoms. The summed E-state index contributed by atoms with van der Waals surface area (Å²) in [5.74, 6) is -0.348. The van der Waals surface area contributed by atoms with Crippen LogP contribution in [-0.2, 0) is 0 Å². The van der Waals surface area contributed by atoms with Gasteiger partial charge in [0, 0.05) is 0 Å². The van der Waals surface area contributed by atoms with Crippen LogP contribution < -0.4 is 5.73 Å². The van der Waals surface area contributed by atoms with Crippen LogP contribution in [0.25, 0.3) is 0 Å². The Hall–Kier alpha value is -0.760. The molecule has 1 aromatic rings. The van der Waals surface area contributed by atoms with E-state index in [2.05, 4.69) is 0 Å². The normalized spacial score (nSPS) is 9.90. The van der Waals surface area contributed by atoms with Crippen LogP contribution in [0.1, 0.15) is 5.56 Å². The van der Waals surface area contributed by atoms with Gasteiger partial charge in [-0.1, -0.05) is 11.6 Å². The van der Waals surface area contributed by atoms with E-state index in [1.54, 1.807) is 6.92 Å². The van der Waals surface area contributed by atoms with Crippen LogP contribution in [0.5, 0.6) is 0 Å². The standard InChI is InChI=1S/C7H7ClFN/c1-4-2-5(9)3-6(10)7(4)8/h2-3H,10H2,1H3. The smallest absolute Gasteiger partial charge is 0.125 e. The molecule has 1 aromatic carbocycles. The van der Waals surface area contributed by atoms with E-state index in [0.29, 0.717) is 16.3 Å². The molecule has 0 aliphatic heterocycles. The molecule has 0 amide bonds. The lowest BCUT2D eigenvalue weighted by atomic mass is 10.2. The highest BCUT2D eigenvalue weighted by molar-refractivity contribution is 6.33. The van der Waals surface area contributed by atoms with Crippen molar-refractivity contribution in [1.29, 1.82) is 0 Å². The highest BCUT2D eigenvalue weighted by Crippen LogP contribution is 2.23. The maximum absolute atomic E-state index is 12.5.